The van der Waals surface area contributed by atoms with Crippen LogP contribution in [0.1, 0.15) is 24.5 Å². The first-order valence-corrected chi connectivity index (χ1v) is 5.39. The lowest BCUT2D eigenvalue weighted by molar-refractivity contribution is 0.164. The van der Waals surface area contributed by atoms with Crippen LogP contribution in [-0.4, -0.2) is 24.7 Å². The lowest BCUT2D eigenvalue weighted by atomic mass is 10.1. The molecule has 0 spiro atoms. The summed E-state index contributed by atoms with van der Waals surface area (Å²) < 4.78 is 5.14. The van der Waals surface area contributed by atoms with E-state index in [1.807, 2.05) is 12.4 Å². The van der Waals surface area contributed by atoms with Crippen LogP contribution < -0.4 is 5.32 Å². The summed E-state index contributed by atoms with van der Waals surface area (Å²) >= 11 is 0. The van der Waals surface area contributed by atoms with Crippen molar-refractivity contribution < 1.29 is 4.74 Å². The molecule has 3 nitrogen and oxygen atoms in total. The molecule has 3 heteroatoms. The van der Waals surface area contributed by atoms with Crippen LogP contribution in [0.15, 0.2) is 18.5 Å². The van der Waals surface area contributed by atoms with Gasteiger partial charge in [-0.3, -0.25) is 4.98 Å². The number of nitrogens with zero attached hydrogens (tertiary/aromatic N) is 1. The SMILES string of the molecule is CCC(COC)NCc1ccncc1C. The molecule has 1 unspecified atom stereocenters. The zero-order valence-electron chi connectivity index (χ0n) is 9.79. The van der Waals surface area contributed by atoms with E-state index in [0.717, 1.165) is 19.6 Å². The second-order valence-electron chi connectivity index (χ2n) is 3.74. The summed E-state index contributed by atoms with van der Waals surface area (Å²) in [6.07, 6.45) is 4.81. The van der Waals surface area contributed by atoms with E-state index in [9.17, 15) is 0 Å². The van der Waals surface area contributed by atoms with Gasteiger partial charge in [-0.1, -0.05) is 6.92 Å². The summed E-state index contributed by atoms with van der Waals surface area (Å²) in [6, 6.07) is 2.49. The van der Waals surface area contributed by atoms with Crippen LogP contribution in [0.4, 0.5) is 0 Å². The highest BCUT2D eigenvalue weighted by atomic mass is 16.5. The smallest absolute Gasteiger partial charge is 0.0615 e. The summed E-state index contributed by atoms with van der Waals surface area (Å²) in [7, 11) is 1.74. The third-order valence-corrected chi connectivity index (χ3v) is 2.58. The van der Waals surface area contributed by atoms with Gasteiger partial charge in [0.05, 0.1) is 6.61 Å². The molecule has 0 saturated heterocycles. The molecular formula is C12H20N2O. The highest BCUT2D eigenvalue weighted by Crippen LogP contribution is 2.05. The average Bonchev–Trinajstić information content (AvgIpc) is 2.26. The molecule has 0 aliphatic rings. The van der Waals surface area contributed by atoms with E-state index in [0.29, 0.717) is 6.04 Å². The number of rotatable bonds is 6. The fourth-order valence-corrected chi connectivity index (χ4v) is 1.48. The zero-order chi connectivity index (χ0) is 11.1. The van der Waals surface area contributed by atoms with E-state index in [-0.39, 0.29) is 0 Å². The maximum Gasteiger partial charge on any atom is 0.0615 e. The van der Waals surface area contributed by atoms with Crippen molar-refractivity contribution in [2.24, 2.45) is 0 Å². The van der Waals surface area contributed by atoms with Crippen molar-refractivity contribution in [1.82, 2.24) is 10.3 Å². The third kappa shape index (κ3) is 3.98. The highest BCUT2D eigenvalue weighted by molar-refractivity contribution is 5.21. The Balaban J connectivity index is 2.45. The molecule has 0 bridgehead atoms. The number of hydrogen-bond acceptors (Lipinski definition) is 3. The summed E-state index contributed by atoms with van der Waals surface area (Å²) in [6.45, 7) is 5.90. The Labute approximate surface area is 91.9 Å². The number of aromatic nitrogens is 1. The Morgan fingerprint density at radius 2 is 2.33 bits per heavy atom. The van der Waals surface area contributed by atoms with Crippen molar-refractivity contribution >= 4 is 0 Å². The minimum Gasteiger partial charge on any atom is -0.383 e. The van der Waals surface area contributed by atoms with Gasteiger partial charge >= 0.3 is 0 Å². The normalized spacial score (nSPS) is 12.7. The molecule has 1 aromatic rings. The van der Waals surface area contributed by atoms with Gasteiger partial charge in [0, 0.05) is 32.1 Å². The van der Waals surface area contributed by atoms with Gasteiger partial charge in [0.1, 0.15) is 0 Å². The molecule has 0 radical (unpaired) electrons. The Morgan fingerprint density at radius 3 is 2.93 bits per heavy atom. The van der Waals surface area contributed by atoms with Crippen molar-refractivity contribution in [3.63, 3.8) is 0 Å². The van der Waals surface area contributed by atoms with Crippen LogP contribution in [0.5, 0.6) is 0 Å². The number of hydrogen-bond donors (Lipinski definition) is 1. The first-order chi connectivity index (χ1) is 7.27. The maximum absolute atomic E-state index is 5.14. The van der Waals surface area contributed by atoms with Crippen molar-refractivity contribution in [3.05, 3.63) is 29.6 Å². The van der Waals surface area contributed by atoms with Crippen LogP contribution in [0.2, 0.25) is 0 Å². The van der Waals surface area contributed by atoms with Gasteiger partial charge in [-0.25, -0.2) is 0 Å². The lowest BCUT2D eigenvalue weighted by Crippen LogP contribution is -2.32. The predicted octanol–water partition coefficient (Wildman–Crippen LogP) is 1.90. The van der Waals surface area contributed by atoms with Gasteiger partial charge in [-0.15, -0.1) is 0 Å². The standard InChI is InChI=1S/C12H20N2O/c1-4-12(9-15-3)14-8-11-5-6-13-7-10(11)2/h5-7,12,14H,4,8-9H2,1-3H3. The molecule has 1 heterocycles. The third-order valence-electron chi connectivity index (χ3n) is 2.58. The number of methoxy groups -OCH3 is 1. The van der Waals surface area contributed by atoms with Crippen molar-refractivity contribution in [2.75, 3.05) is 13.7 Å². The van der Waals surface area contributed by atoms with Crippen molar-refractivity contribution in [3.8, 4) is 0 Å². The number of ether oxygens (including phenoxy) is 1. The topological polar surface area (TPSA) is 34.1 Å². The number of aryl methyl sites for hydroxylation is 1. The molecule has 1 aromatic heterocycles. The van der Waals surface area contributed by atoms with Gasteiger partial charge in [0.2, 0.25) is 0 Å². The van der Waals surface area contributed by atoms with E-state index in [1.165, 1.54) is 11.1 Å². The second-order valence-corrected chi connectivity index (χ2v) is 3.74. The minimum atomic E-state index is 0.433. The quantitative estimate of drug-likeness (QED) is 0.775. The van der Waals surface area contributed by atoms with Crippen LogP contribution in [-0.2, 0) is 11.3 Å². The zero-order valence-corrected chi connectivity index (χ0v) is 9.79. The fourth-order valence-electron chi connectivity index (χ4n) is 1.48. The Kier molecular flexibility index (Phi) is 5.29. The molecule has 1 atom stereocenters. The molecule has 15 heavy (non-hydrogen) atoms. The second kappa shape index (κ2) is 6.53. The van der Waals surface area contributed by atoms with E-state index in [4.69, 9.17) is 4.74 Å². The van der Waals surface area contributed by atoms with Gasteiger partial charge in [-0.2, -0.15) is 0 Å². The minimum absolute atomic E-state index is 0.433. The largest absolute Gasteiger partial charge is 0.383 e. The van der Waals surface area contributed by atoms with Crippen molar-refractivity contribution in [2.45, 2.75) is 32.9 Å². The average molecular weight is 208 g/mol. The van der Waals surface area contributed by atoms with E-state index in [1.54, 1.807) is 7.11 Å². The molecule has 84 valence electrons. The molecule has 0 fully saturated rings. The molecule has 0 aromatic carbocycles. The maximum atomic E-state index is 5.14. The molecular weight excluding hydrogens is 188 g/mol. The number of pyridine rings is 1. The Morgan fingerprint density at radius 1 is 1.53 bits per heavy atom. The van der Waals surface area contributed by atoms with Crippen LogP contribution in [0.3, 0.4) is 0 Å². The lowest BCUT2D eigenvalue weighted by Gasteiger charge is -2.16. The van der Waals surface area contributed by atoms with Crippen LogP contribution in [0.25, 0.3) is 0 Å². The first kappa shape index (κ1) is 12.1. The van der Waals surface area contributed by atoms with Gasteiger partial charge in [0.15, 0.2) is 0 Å². The fraction of sp³-hybridized carbons (Fsp3) is 0.583. The summed E-state index contributed by atoms with van der Waals surface area (Å²) in [5.41, 5.74) is 2.54. The van der Waals surface area contributed by atoms with Gasteiger partial charge < -0.3 is 10.1 Å². The molecule has 1 N–H and O–H groups in total. The van der Waals surface area contributed by atoms with E-state index < -0.39 is 0 Å². The van der Waals surface area contributed by atoms with Crippen LogP contribution >= 0.6 is 0 Å². The molecule has 0 amide bonds. The Hall–Kier alpha value is -0.930. The van der Waals surface area contributed by atoms with Gasteiger partial charge in [-0.05, 0) is 30.5 Å². The van der Waals surface area contributed by atoms with Crippen molar-refractivity contribution in [1.29, 1.82) is 0 Å². The summed E-state index contributed by atoms with van der Waals surface area (Å²) in [4.78, 5) is 4.08. The summed E-state index contributed by atoms with van der Waals surface area (Å²) in [5, 5.41) is 3.47. The highest BCUT2D eigenvalue weighted by Gasteiger charge is 2.05. The number of nitrogens with one attached hydrogen (secondary N) is 1. The molecule has 0 saturated carbocycles. The Bertz CT molecular complexity index is 289. The molecule has 1 rings (SSSR count). The monoisotopic (exact) mass is 208 g/mol. The van der Waals surface area contributed by atoms with Gasteiger partial charge in [0.25, 0.3) is 0 Å². The molecule has 0 aliphatic carbocycles. The van der Waals surface area contributed by atoms with E-state index in [2.05, 4.69) is 30.2 Å². The first-order valence-electron chi connectivity index (χ1n) is 5.39. The summed E-state index contributed by atoms with van der Waals surface area (Å²) in [5.74, 6) is 0. The molecule has 0 aliphatic heterocycles. The predicted molar refractivity (Wildman–Crippen MR) is 61.8 cm³/mol. The van der Waals surface area contributed by atoms with Crippen LogP contribution in [0, 0.1) is 6.92 Å². The van der Waals surface area contributed by atoms with E-state index >= 15 is 0 Å².